The lowest BCUT2D eigenvalue weighted by molar-refractivity contribution is -0.199. The van der Waals surface area contributed by atoms with E-state index >= 15 is 0 Å². The van der Waals surface area contributed by atoms with E-state index in [9.17, 15) is 9.59 Å². The molecule has 5 aliphatic heterocycles. The van der Waals surface area contributed by atoms with E-state index < -0.39 is 10.8 Å². The lowest BCUT2D eigenvalue weighted by Gasteiger charge is -2.57. The Morgan fingerprint density at radius 2 is 1.83 bits per heavy atom. The second-order valence-electron chi connectivity index (χ2n) is 17.0. The molecule has 4 saturated heterocycles. The Morgan fingerprint density at radius 1 is 1.00 bits per heavy atom. The van der Waals surface area contributed by atoms with Gasteiger partial charge in [-0.1, -0.05) is 43.2 Å². The minimum Gasteiger partial charge on any atom is -0.496 e. The topological polar surface area (TPSA) is 109 Å². The standard InChI is InChI=1S/C44H52N4O6/c1-6-25-14-24-19-43(41(49)52-4)39-28(12-13-47(20-24)40(25)43)29-15-30(36(51-3)18-35(29)46-39)31-16-33-26(7-2)21-48-23-54-22-44(33,42(50)53-5)37(48)17-32-27-10-8-9-11-34(27)45-38(31)32/h7-11,15,18,24-25,31,33,37,40,45-46H,6,12-14,16-17,19-23H2,1-5H3/b26-7-/t24-,25-,31+,33+,37-,40-,43+,44+/m0/s1. The Labute approximate surface area is 316 Å². The van der Waals surface area contributed by atoms with Crippen molar-refractivity contribution in [2.24, 2.45) is 23.2 Å². The van der Waals surface area contributed by atoms with E-state index in [2.05, 4.69) is 76.1 Å². The molecular weight excluding hydrogens is 681 g/mol. The average molecular weight is 733 g/mol. The van der Waals surface area contributed by atoms with E-state index in [1.54, 1.807) is 14.2 Å². The van der Waals surface area contributed by atoms with Crippen LogP contribution in [0.25, 0.3) is 21.8 Å². The first-order valence-electron chi connectivity index (χ1n) is 20.0. The number of aromatic amines is 2. The molecule has 2 aliphatic carbocycles. The molecule has 8 bridgehead atoms. The molecule has 10 atom stereocenters. The molecule has 54 heavy (non-hydrogen) atoms. The second kappa shape index (κ2) is 12.4. The highest BCUT2D eigenvalue weighted by molar-refractivity contribution is 5.93. The zero-order chi connectivity index (χ0) is 37.1. The largest absolute Gasteiger partial charge is 0.496 e. The molecule has 10 nitrogen and oxygen atoms in total. The predicted molar refractivity (Wildman–Crippen MR) is 206 cm³/mol. The Bertz CT molecular complexity index is 2220. The number of aromatic nitrogens is 2. The van der Waals surface area contributed by atoms with Gasteiger partial charge in [0, 0.05) is 88.4 Å². The molecule has 4 aromatic rings. The highest BCUT2D eigenvalue weighted by Crippen LogP contribution is 2.58. The van der Waals surface area contributed by atoms with Crippen molar-refractivity contribution in [1.29, 1.82) is 0 Å². The average Bonchev–Trinajstić information content (AvgIpc) is 3.72. The fourth-order valence-corrected chi connectivity index (χ4v) is 12.9. The van der Waals surface area contributed by atoms with Crippen molar-refractivity contribution in [3.05, 3.63) is 76.1 Å². The number of para-hydroxylation sites is 1. The number of allylic oxidation sites excluding steroid dienone is 1. The highest BCUT2D eigenvalue weighted by Gasteiger charge is 2.64. The van der Waals surface area contributed by atoms with Crippen LogP contribution < -0.4 is 4.74 Å². The molecule has 2 aromatic heterocycles. The number of methoxy groups -OCH3 is 3. The van der Waals surface area contributed by atoms with Gasteiger partial charge in [0.05, 0.1) is 34.7 Å². The van der Waals surface area contributed by atoms with Gasteiger partial charge < -0.3 is 28.9 Å². The zero-order valence-electron chi connectivity index (χ0n) is 32.1. The van der Waals surface area contributed by atoms with Gasteiger partial charge in [0.15, 0.2) is 0 Å². The van der Waals surface area contributed by atoms with Gasteiger partial charge >= 0.3 is 11.9 Å². The number of nitrogens with one attached hydrogen (secondary N) is 2. The summed E-state index contributed by atoms with van der Waals surface area (Å²) in [5.41, 5.74) is 7.50. The number of fused-ring (bicyclic) bond motifs is 7. The third kappa shape index (κ3) is 4.44. The summed E-state index contributed by atoms with van der Waals surface area (Å²) in [5.74, 6) is 1.14. The molecule has 2 aromatic carbocycles. The molecule has 2 N–H and O–H groups in total. The number of rotatable bonds is 5. The molecule has 5 fully saturated rings. The molecule has 11 rings (SSSR count). The Kier molecular flexibility index (Phi) is 7.92. The second-order valence-corrected chi connectivity index (χ2v) is 17.0. The van der Waals surface area contributed by atoms with Crippen LogP contribution in [0.3, 0.4) is 0 Å². The number of nitrogens with zero attached hydrogens (tertiary/aromatic N) is 2. The van der Waals surface area contributed by atoms with E-state index in [0.29, 0.717) is 38.0 Å². The number of carbonyl (C=O) groups is 2. The van der Waals surface area contributed by atoms with Crippen LogP contribution in [0.4, 0.5) is 0 Å². The third-order valence-electron chi connectivity index (χ3n) is 15.0. The van der Waals surface area contributed by atoms with Crippen molar-refractivity contribution >= 4 is 33.7 Å². The minimum absolute atomic E-state index is 0.0673. The number of H-pyrrole nitrogens is 2. The summed E-state index contributed by atoms with van der Waals surface area (Å²) >= 11 is 0. The van der Waals surface area contributed by atoms with Gasteiger partial charge in [-0.2, -0.15) is 0 Å². The van der Waals surface area contributed by atoms with Crippen LogP contribution >= 0.6 is 0 Å². The maximum Gasteiger partial charge on any atom is 0.319 e. The first-order valence-corrected chi connectivity index (χ1v) is 20.0. The first kappa shape index (κ1) is 34.4. The van der Waals surface area contributed by atoms with Gasteiger partial charge in [-0.05, 0) is 74.1 Å². The van der Waals surface area contributed by atoms with E-state index in [4.69, 9.17) is 18.9 Å². The van der Waals surface area contributed by atoms with Crippen molar-refractivity contribution in [2.75, 3.05) is 54.3 Å². The van der Waals surface area contributed by atoms with E-state index in [1.807, 2.05) is 0 Å². The monoisotopic (exact) mass is 732 g/mol. The van der Waals surface area contributed by atoms with Crippen LogP contribution in [0, 0.1) is 23.2 Å². The molecule has 1 saturated carbocycles. The van der Waals surface area contributed by atoms with Crippen LogP contribution in [-0.2, 0) is 42.1 Å². The highest BCUT2D eigenvalue weighted by atomic mass is 16.5. The fraction of sp³-hybridized carbons (Fsp3) is 0.545. The quantitative estimate of drug-likeness (QED) is 0.184. The molecule has 284 valence electrons. The van der Waals surface area contributed by atoms with Crippen molar-refractivity contribution in [3.8, 4) is 5.75 Å². The fourth-order valence-electron chi connectivity index (χ4n) is 12.9. The smallest absolute Gasteiger partial charge is 0.319 e. The summed E-state index contributed by atoms with van der Waals surface area (Å²) in [6.07, 6.45) is 7.47. The first-order chi connectivity index (χ1) is 26.3. The minimum atomic E-state index is -0.863. The SMILES string of the molecule is C/C=C1/CN2COC[C@@]3(C(=O)OC)[C@@H]1C[C@H](c1cc4c5c([nH]c4cc1OC)[C@]1(C(=O)OC)C[C@@H]4C[C@H](CC)[C@@H]1N(CC5)C4)c1[nH]c4ccccc4c1C[C@H]23. The molecule has 0 spiro atoms. The molecule has 0 amide bonds. The van der Waals surface area contributed by atoms with Crippen molar-refractivity contribution in [2.45, 2.75) is 75.8 Å². The van der Waals surface area contributed by atoms with Gasteiger partial charge in [0.2, 0.25) is 0 Å². The number of piperidine rings is 3. The van der Waals surface area contributed by atoms with Crippen LogP contribution in [-0.4, -0.2) is 98.1 Å². The van der Waals surface area contributed by atoms with E-state index in [0.717, 1.165) is 72.3 Å². The van der Waals surface area contributed by atoms with Crippen LogP contribution in [0.1, 0.15) is 73.5 Å². The van der Waals surface area contributed by atoms with Crippen molar-refractivity contribution < 1.29 is 28.5 Å². The van der Waals surface area contributed by atoms with Gasteiger partial charge in [0.1, 0.15) is 16.6 Å². The number of carbonyl (C=O) groups excluding carboxylic acids is 2. The lowest BCUT2D eigenvalue weighted by atomic mass is 9.56. The number of esters is 2. The van der Waals surface area contributed by atoms with Gasteiger partial charge in [-0.15, -0.1) is 0 Å². The number of hydrogen-bond donors (Lipinski definition) is 2. The molecule has 0 radical (unpaired) electrons. The van der Waals surface area contributed by atoms with Crippen molar-refractivity contribution in [1.82, 2.24) is 19.8 Å². The number of ether oxygens (including phenoxy) is 4. The van der Waals surface area contributed by atoms with Gasteiger partial charge in [0.25, 0.3) is 0 Å². The summed E-state index contributed by atoms with van der Waals surface area (Å²) < 4.78 is 24.1. The summed E-state index contributed by atoms with van der Waals surface area (Å²) in [7, 11) is 4.83. The third-order valence-corrected chi connectivity index (χ3v) is 15.0. The molecular formula is C44H52N4O6. The Hall–Kier alpha value is -4.12. The normalized spacial score (nSPS) is 35.8. The van der Waals surface area contributed by atoms with Gasteiger partial charge in [-0.3, -0.25) is 19.4 Å². The van der Waals surface area contributed by atoms with Crippen LogP contribution in [0.5, 0.6) is 5.75 Å². The maximum absolute atomic E-state index is 14.3. The number of hydrogen-bond acceptors (Lipinski definition) is 8. The summed E-state index contributed by atoms with van der Waals surface area (Å²) in [5, 5.41) is 2.33. The molecule has 7 aliphatic rings. The summed E-state index contributed by atoms with van der Waals surface area (Å²) in [6.45, 7) is 7.90. The number of benzene rings is 2. The van der Waals surface area contributed by atoms with Crippen LogP contribution in [0.15, 0.2) is 48.0 Å². The Balaban J connectivity index is 1.21. The molecule has 2 unspecified atom stereocenters. The van der Waals surface area contributed by atoms with E-state index in [1.165, 1.54) is 41.3 Å². The summed E-state index contributed by atoms with van der Waals surface area (Å²) in [6, 6.07) is 13.1. The zero-order valence-corrected chi connectivity index (χ0v) is 32.1. The Morgan fingerprint density at radius 3 is 2.61 bits per heavy atom. The van der Waals surface area contributed by atoms with Gasteiger partial charge in [-0.25, -0.2) is 0 Å². The molecule has 7 heterocycles. The lowest BCUT2D eigenvalue weighted by Crippen LogP contribution is -2.68. The summed E-state index contributed by atoms with van der Waals surface area (Å²) in [4.78, 5) is 41.3. The maximum atomic E-state index is 14.3. The molecule has 10 heteroatoms. The van der Waals surface area contributed by atoms with Crippen molar-refractivity contribution in [3.63, 3.8) is 0 Å². The van der Waals surface area contributed by atoms with E-state index in [-0.39, 0.29) is 35.9 Å². The predicted octanol–water partition coefficient (Wildman–Crippen LogP) is 6.22. The van der Waals surface area contributed by atoms with Crippen LogP contribution in [0.2, 0.25) is 0 Å².